The lowest BCUT2D eigenvalue weighted by atomic mass is 9.63. The van der Waals surface area contributed by atoms with E-state index in [4.69, 9.17) is 0 Å². The maximum Gasteiger partial charge on any atom is 0.223 e. The van der Waals surface area contributed by atoms with E-state index in [2.05, 4.69) is 45.2 Å². The summed E-state index contributed by atoms with van der Waals surface area (Å²) in [6, 6.07) is 0.0974. The molecule has 0 aromatic rings. The molecule has 1 atom stereocenters. The number of amides is 1. The van der Waals surface area contributed by atoms with Gasteiger partial charge in [0.25, 0.3) is 0 Å². The highest BCUT2D eigenvalue weighted by Gasteiger charge is 2.43. The maximum absolute atomic E-state index is 13.0. The number of allylic oxidation sites excluding steroid dienone is 3. The normalized spacial score (nSPS) is 21.9. The van der Waals surface area contributed by atoms with Crippen molar-refractivity contribution in [1.29, 1.82) is 0 Å². The van der Waals surface area contributed by atoms with Gasteiger partial charge >= 0.3 is 0 Å². The summed E-state index contributed by atoms with van der Waals surface area (Å²) in [5.41, 5.74) is 3.37. The highest BCUT2D eigenvalue weighted by molar-refractivity contribution is 5.84. The second-order valence-electron chi connectivity index (χ2n) is 11.0. The van der Waals surface area contributed by atoms with Crippen LogP contribution in [0.15, 0.2) is 36.0 Å². The topological polar surface area (TPSA) is 40.6 Å². The van der Waals surface area contributed by atoms with Gasteiger partial charge in [-0.3, -0.25) is 4.79 Å². The zero-order valence-corrected chi connectivity index (χ0v) is 21.5. The van der Waals surface area contributed by atoms with Crippen molar-refractivity contribution in [3.63, 3.8) is 0 Å². The first-order valence-electron chi connectivity index (χ1n) is 12.5. The van der Waals surface area contributed by atoms with Gasteiger partial charge in [0.1, 0.15) is 5.78 Å². The van der Waals surface area contributed by atoms with E-state index in [0.717, 1.165) is 25.9 Å². The predicted molar refractivity (Wildman–Crippen MR) is 135 cm³/mol. The Hall–Kier alpha value is -1.68. The van der Waals surface area contributed by atoms with Gasteiger partial charge in [0.15, 0.2) is 0 Å². The molecular formula is C28H46N2O2. The zero-order valence-electron chi connectivity index (χ0n) is 21.5. The van der Waals surface area contributed by atoms with Crippen LogP contribution in [0.3, 0.4) is 0 Å². The highest BCUT2D eigenvalue weighted by atomic mass is 16.2. The molecule has 2 rings (SSSR count). The van der Waals surface area contributed by atoms with E-state index in [9.17, 15) is 9.59 Å². The molecule has 0 aromatic heterocycles. The number of piperidine rings is 1. The molecule has 1 aliphatic carbocycles. The summed E-state index contributed by atoms with van der Waals surface area (Å²) in [5, 5.41) is 0. The Balaban J connectivity index is 2.22. The molecule has 0 aromatic carbocycles. The van der Waals surface area contributed by atoms with E-state index in [1.165, 1.54) is 37.0 Å². The number of nitrogens with zero attached hydrogens (tertiary/aromatic N) is 2. The minimum absolute atomic E-state index is 0.0775. The largest absolute Gasteiger partial charge is 0.336 e. The second-order valence-corrected chi connectivity index (χ2v) is 11.0. The molecule has 1 spiro atoms. The molecule has 1 heterocycles. The van der Waals surface area contributed by atoms with Crippen LogP contribution in [0, 0.1) is 10.8 Å². The van der Waals surface area contributed by atoms with Gasteiger partial charge in [-0.05, 0) is 88.9 Å². The standard InChI is InChI=1S/C28H46N2O2/c1-8-10-11-24-23(4)28(17-20-29(21-18-28)19-16-27(5,6)7)15-14-25(24)30(9-2)26(32)13-12-22(3)31/h8,10-11,25H,1,9,12-21H2,2-7H3/b11-10-/t25-/m0/s1. The summed E-state index contributed by atoms with van der Waals surface area (Å²) < 4.78 is 0. The number of likely N-dealkylation sites (tertiary alicyclic amines) is 1. The molecular weight excluding hydrogens is 396 g/mol. The number of hydrogen-bond donors (Lipinski definition) is 0. The number of rotatable bonds is 9. The van der Waals surface area contributed by atoms with Crippen LogP contribution < -0.4 is 0 Å². The molecule has 1 saturated heterocycles. The Kier molecular flexibility index (Phi) is 9.51. The van der Waals surface area contributed by atoms with E-state index in [1.54, 1.807) is 6.92 Å². The van der Waals surface area contributed by atoms with Crippen LogP contribution in [0.2, 0.25) is 0 Å². The molecule has 0 unspecified atom stereocenters. The highest BCUT2D eigenvalue weighted by Crippen LogP contribution is 2.49. The van der Waals surface area contributed by atoms with Crippen molar-refractivity contribution in [1.82, 2.24) is 9.80 Å². The third-order valence-corrected chi connectivity index (χ3v) is 7.62. The Morgan fingerprint density at radius 2 is 1.84 bits per heavy atom. The van der Waals surface area contributed by atoms with Crippen molar-refractivity contribution >= 4 is 11.7 Å². The summed E-state index contributed by atoms with van der Waals surface area (Å²) in [7, 11) is 0. The van der Waals surface area contributed by atoms with Crippen molar-refractivity contribution in [2.45, 2.75) is 92.5 Å². The predicted octanol–water partition coefficient (Wildman–Crippen LogP) is 5.94. The van der Waals surface area contributed by atoms with E-state index in [1.807, 2.05) is 24.0 Å². The fourth-order valence-corrected chi connectivity index (χ4v) is 5.36. The molecule has 32 heavy (non-hydrogen) atoms. The first-order chi connectivity index (χ1) is 15.0. The molecule has 1 fully saturated rings. The number of ketones is 1. The molecule has 0 bridgehead atoms. The van der Waals surface area contributed by atoms with Gasteiger partial charge < -0.3 is 14.6 Å². The van der Waals surface area contributed by atoms with Gasteiger partial charge in [0.2, 0.25) is 5.91 Å². The van der Waals surface area contributed by atoms with Gasteiger partial charge in [-0.15, -0.1) is 0 Å². The third-order valence-electron chi connectivity index (χ3n) is 7.62. The van der Waals surface area contributed by atoms with Crippen LogP contribution >= 0.6 is 0 Å². The summed E-state index contributed by atoms with van der Waals surface area (Å²) in [4.78, 5) is 29.0. The summed E-state index contributed by atoms with van der Waals surface area (Å²) in [6.45, 7) is 20.9. The quantitative estimate of drug-likeness (QED) is 0.415. The lowest BCUT2D eigenvalue weighted by Gasteiger charge is -2.49. The lowest BCUT2D eigenvalue weighted by Crippen LogP contribution is -2.48. The number of hydrogen-bond acceptors (Lipinski definition) is 3. The summed E-state index contributed by atoms with van der Waals surface area (Å²) >= 11 is 0. The smallest absolute Gasteiger partial charge is 0.223 e. The fourth-order valence-electron chi connectivity index (χ4n) is 5.36. The van der Waals surface area contributed by atoms with Gasteiger partial charge in [-0.1, -0.05) is 51.2 Å². The van der Waals surface area contributed by atoms with Gasteiger partial charge in [-0.25, -0.2) is 0 Å². The van der Waals surface area contributed by atoms with E-state index in [-0.39, 0.29) is 23.1 Å². The number of carbonyl (C=O) groups excluding carboxylic acids is 2. The fraction of sp³-hybridized carbons (Fsp3) is 0.714. The van der Waals surface area contributed by atoms with Crippen molar-refractivity contribution in [3.8, 4) is 0 Å². The Bertz CT molecular complexity index is 733. The summed E-state index contributed by atoms with van der Waals surface area (Å²) in [6.07, 6.45) is 12.4. The zero-order chi connectivity index (χ0) is 23.9. The monoisotopic (exact) mass is 442 g/mol. The number of Topliss-reactive ketones (excluding diaryl/α,β-unsaturated/α-hetero) is 1. The lowest BCUT2D eigenvalue weighted by molar-refractivity contribution is -0.134. The van der Waals surface area contributed by atoms with Crippen molar-refractivity contribution in [3.05, 3.63) is 36.0 Å². The van der Waals surface area contributed by atoms with Gasteiger partial charge in [-0.2, -0.15) is 0 Å². The van der Waals surface area contributed by atoms with Gasteiger partial charge in [0, 0.05) is 19.4 Å². The first-order valence-corrected chi connectivity index (χ1v) is 12.5. The van der Waals surface area contributed by atoms with Crippen LogP contribution in [0.5, 0.6) is 0 Å². The van der Waals surface area contributed by atoms with E-state index >= 15 is 0 Å². The number of likely N-dealkylation sites (N-methyl/N-ethyl adjacent to an activating group) is 1. The first kappa shape index (κ1) is 26.6. The molecule has 4 heteroatoms. The SMILES string of the molecule is C=C/C=C\C1=C(C)C2(CC[C@@H]1N(CC)C(=O)CCC(C)=O)CCN(CCC(C)(C)C)CC2. The van der Waals surface area contributed by atoms with E-state index in [0.29, 0.717) is 24.8 Å². The average Bonchev–Trinajstić information content (AvgIpc) is 2.74. The van der Waals surface area contributed by atoms with Crippen LogP contribution in [0.1, 0.15) is 86.5 Å². The number of carbonyl (C=O) groups is 2. The van der Waals surface area contributed by atoms with Crippen LogP contribution in [-0.4, -0.2) is 53.7 Å². The molecule has 1 amide bonds. The second kappa shape index (κ2) is 11.4. The van der Waals surface area contributed by atoms with Crippen molar-refractivity contribution in [2.24, 2.45) is 10.8 Å². The van der Waals surface area contributed by atoms with Crippen molar-refractivity contribution in [2.75, 3.05) is 26.2 Å². The third kappa shape index (κ3) is 6.91. The Morgan fingerprint density at radius 1 is 1.19 bits per heavy atom. The summed E-state index contributed by atoms with van der Waals surface area (Å²) in [5.74, 6) is 0.173. The molecule has 0 N–H and O–H groups in total. The van der Waals surface area contributed by atoms with Crippen LogP contribution in [0.25, 0.3) is 0 Å². The molecule has 2 aliphatic rings. The minimum atomic E-state index is 0.0775. The van der Waals surface area contributed by atoms with Crippen molar-refractivity contribution < 1.29 is 9.59 Å². The average molecular weight is 443 g/mol. The molecule has 1 aliphatic heterocycles. The van der Waals surface area contributed by atoms with Crippen LogP contribution in [-0.2, 0) is 9.59 Å². The Labute approximate surface area is 196 Å². The maximum atomic E-state index is 13.0. The minimum Gasteiger partial charge on any atom is -0.336 e. The molecule has 0 saturated carbocycles. The molecule has 0 radical (unpaired) electrons. The Morgan fingerprint density at radius 3 is 2.38 bits per heavy atom. The van der Waals surface area contributed by atoms with E-state index < -0.39 is 0 Å². The molecule has 4 nitrogen and oxygen atoms in total. The van der Waals surface area contributed by atoms with Crippen LogP contribution in [0.4, 0.5) is 0 Å². The molecule has 180 valence electrons. The van der Waals surface area contributed by atoms with Gasteiger partial charge in [0.05, 0.1) is 6.04 Å².